The number of carboxylic acid groups (broad SMARTS) is 1. The number of anilines is 1. The van der Waals surface area contributed by atoms with Crippen LogP contribution in [0.2, 0.25) is 0 Å². The number of carboxylic acids is 1. The SMILES string of the molecule is Cc1cc(F)cc(-c2ccc3c(c2)N(S(=O)(=O)c2cccc(C)c2)C[C@H](CC2(C(=O)O)CCOCC2)O3)c1. The molecule has 0 unspecified atom stereocenters. The number of carbonyl (C=O) groups is 1. The Morgan fingerprint density at radius 3 is 2.47 bits per heavy atom. The monoisotopic (exact) mass is 539 g/mol. The summed E-state index contributed by atoms with van der Waals surface area (Å²) in [6.45, 7) is 4.22. The van der Waals surface area contributed by atoms with Gasteiger partial charge in [0.1, 0.15) is 17.7 Å². The highest BCUT2D eigenvalue weighted by Gasteiger charge is 2.45. The van der Waals surface area contributed by atoms with Crippen molar-refractivity contribution < 1.29 is 32.2 Å². The third kappa shape index (κ3) is 5.00. The number of hydrogen-bond donors (Lipinski definition) is 1. The first kappa shape index (κ1) is 26.2. The zero-order chi connectivity index (χ0) is 27.1. The quantitative estimate of drug-likeness (QED) is 0.455. The van der Waals surface area contributed by atoms with Crippen LogP contribution < -0.4 is 9.04 Å². The van der Waals surface area contributed by atoms with E-state index in [9.17, 15) is 22.7 Å². The van der Waals surface area contributed by atoms with Crippen molar-refractivity contribution in [2.75, 3.05) is 24.1 Å². The van der Waals surface area contributed by atoms with E-state index in [1.54, 1.807) is 43.3 Å². The maximum absolute atomic E-state index is 14.2. The van der Waals surface area contributed by atoms with Gasteiger partial charge in [0.25, 0.3) is 10.0 Å². The Kier molecular flexibility index (Phi) is 6.92. The first-order valence-corrected chi connectivity index (χ1v) is 14.0. The van der Waals surface area contributed by atoms with E-state index in [2.05, 4.69) is 0 Å². The van der Waals surface area contributed by atoms with Crippen LogP contribution in [-0.4, -0.2) is 45.4 Å². The van der Waals surface area contributed by atoms with Crippen molar-refractivity contribution in [3.05, 3.63) is 77.6 Å². The number of halogens is 1. The number of fused-ring (bicyclic) bond motifs is 1. The number of nitrogens with zero attached hydrogens (tertiary/aromatic N) is 1. The fraction of sp³-hybridized carbons (Fsp3) is 0.345. The van der Waals surface area contributed by atoms with Crippen molar-refractivity contribution in [1.29, 1.82) is 0 Å². The lowest BCUT2D eigenvalue weighted by atomic mass is 9.75. The fourth-order valence-electron chi connectivity index (χ4n) is 5.33. The molecule has 200 valence electrons. The molecular weight excluding hydrogens is 509 g/mol. The number of sulfonamides is 1. The summed E-state index contributed by atoms with van der Waals surface area (Å²) in [5.41, 5.74) is 2.08. The second-order valence-electron chi connectivity index (χ2n) is 10.2. The molecule has 1 saturated heterocycles. The molecule has 0 aromatic heterocycles. The molecule has 1 atom stereocenters. The number of ether oxygens (including phenoxy) is 2. The van der Waals surface area contributed by atoms with Gasteiger partial charge in [-0.3, -0.25) is 9.10 Å². The van der Waals surface area contributed by atoms with Crippen molar-refractivity contribution in [1.82, 2.24) is 0 Å². The highest BCUT2D eigenvalue weighted by atomic mass is 32.2. The molecule has 3 aromatic rings. The van der Waals surface area contributed by atoms with Gasteiger partial charge in [0.2, 0.25) is 0 Å². The van der Waals surface area contributed by atoms with Gasteiger partial charge in [-0.25, -0.2) is 12.8 Å². The van der Waals surface area contributed by atoms with E-state index in [-0.39, 0.29) is 23.7 Å². The van der Waals surface area contributed by atoms with Gasteiger partial charge in [-0.1, -0.05) is 24.3 Å². The maximum atomic E-state index is 14.2. The Hall–Kier alpha value is -3.43. The predicted octanol–water partition coefficient (Wildman–Crippen LogP) is 5.34. The summed E-state index contributed by atoms with van der Waals surface area (Å²) in [6.07, 6.45) is 0.129. The lowest BCUT2D eigenvalue weighted by Gasteiger charge is -2.40. The number of rotatable bonds is 6. The van der Waals surface area contributed by atoms with Gasteiger partial charge in [-0.15, -0.1) is 0 Å². The minimum Gasteiger partial charge on any atom is -0.486 e. The number of hydrogen-bond acceptors (Lipinski definition) is 5. The molecular formula is C29H30FNO6S. The van der Waals surface area contributed by atoms with E-state index in [1.165, 1.54) is 16.4 Å². The average molecular weight is 540 g/mol. The summed E-state index contributed by atoms with van der Waals surface area (Å²) in [7, 11) is -4.02. The Morgan fingerprint density at radius 2 is 1.79 bits per heavy atom. The van der Waals surface area contributed by atoms with Crippen molar-refractivity contribution in [3.63, 3.8) is 0 Å². The normalized spacial score (nSPS) is 18.9. The van der Waals surface area contributed by atoms with Crippen LogP contribution in [0.3, 0.4) is 0 Å². The second kappa shape index (κ2) is 10.0. The topological polar surface area (TPSA) is 93.1 Å². The molecule has 0 spiro atoms. The van der Waals surface area contributed by atoms with Crippen LogP contribution in [0.1, 0.15) is 30.4 Å². The zero-order valence-corrected chi connectivity index (χ0v) is 22.1. The molecule has 0 radical (unpaired) electrons. The van der Waals surface area contributed by atoms with Crippen molar-refractivity contribution in [2.45, 2.75) is 44.1 Å². The number of benzene rings is 3. The second-order valence-corrected chi connectivity index (χ2v) is 12.1. The lowest BCUT2D eigenvalue weighted by molar-refractivity contribution is -0.157. The van der Waals surface area contributed by atoms with E-state index in [1.807, 2.05) is 19.1 Å². The summed E-state index contributed by atoms with van der Waals surface area (Å²) in [5, 5.41) is 10.1. The van der Waals surface area contributed by atoms with E-state index >= 15 is 0 Å². The van der Waals surface area contributed by atoms with Gasteiger partial charge in [0, 0.05) is 19.6 Å². The Morgan fingerprint density at radius 1 is 1.03 bits per heavy atom. The zero-order valence-electron chi connectivity index (χ0n) is 21.3. The third-order valence-electron chi connectivity index (χ3n) is 7.37. The summed E-state index contributed by atoms with van der Waals surface area (Å²) in [6, 6.07) is 16.4. The van der Waals surface area contributed by atoms with Crippen LogP contribution in [0.4, 0.5) is 10.1 Å². The molecule has 1 N–H and O–H groups in total. The van der Waals surface area contributed by atoms with Crippen LogP contribution in [-0.2, 0) is 19.6 Å². The molecule has 2 aliphatic heterocycles. The van der Waals surface area contributed by atoms with Crippen molar-refractivity contribution >= 4 is 21.7 Å². The standard InChI is InChI=1S/C29H30FNO6S/c1-19-4-3-5-25(14-19)38(34,35)31-18-24(17-29(28(32)33)8-10-36-11-9-29)37-27-7-6-21(16-26(27)31)22-12-20(2)13-23(30)15-22/h3-7,12-16,24H,8-11,17-18H2,1-2H3,(H,32,33)/t24-/m0/s1. The minimum absolute atomic E-state index is 0.0508. The number of aryl methyl sites for hydroxylation is 2. The molecule has 1 fully saturated rings. The third-order valence-corrected chi connectivity index (χ3v) is 9.14. The van der Waals surface area contributed by atoms with Crippen LogP contribution >= 0.6 is 0 Å². The predicted molar refractivity (Wildman–Crippen MR) is 141 cm³/mol. The molecule has 3 aromatic carbocycles. The molecule has 2 aliphatic rings. The highest BCUT2D eigenvalue weighted by molar-refractivity contribution is 7.92. The molecule has 0 saturated carbocycles. The average Bonchev–Trinajstić information content (AvgIpc) is 2.88. The van der Waals surface area contributed by atoms with Crippen molar-refractivity contribution in [3.8, 4) is 16.9 Å². The van der Waals surface area contributed by atoms with Gasteiger partial charge in [-0.2, -0.15) is 0 Å². The van der Waals surface area contributed by atoms with Gasteiger partial charge in [-0.05, 0) is 85.3 Å². The summed E-state index contributed by atoms with van der Waals surface area (Å²) >= 11 is 0. The van der Waals surface area contributed by atoms with Crippen LogP contribution in [0.5, 0.6) is 5.75 Å². The van der Waals surface area contributed by atoms with Gasteiger partial charge in [0.05, 0.1) is 22.5 Å². The van der Waals surface area contributed by atoms with Crippen LogP contribution in [0.15, 0.2) is 65.6 Å². The Bertz CT molecular complexity index is 1460. The van der Waals surface area contributed by atoms with Crippen LogP contribution in [0.25, 0.3) is 11.1 Å². The Balaban J connectivity index is 1.59. The lowest BCUT2D eigenvalue weighted by Crippen LogP contribution is -2.48. The Labute approximate surface area is 221 Å². The molecule has 0 amide bonds. The first-order chi connectivity index (χ1) is 18.1. The van der Waals surface area contributed by atoms with Gasteiger partial charge >= 0.3 is 5.97 Å². The van der Waals surface area contributed by atoms with E-state index in [0.717, 1.165) is 11.1 Å². The molecule has 38 heavy (non-hydrogen) atoms. The fourth-order valence-corrected chi connectivity index (χ4v) is 6.94. The summed E-state index contributed by atoms with van der Waals surface area (Å²) in [5.74, 6) is -0.976. The molecule has 7 nitrogen and oxygen atoms in total. The molecule has 0 bridgehead atoms. The van der Waals surface area contributed by atoms with E-state index in [4.69, 9.17) is 9.47 Å². The van der Waals surface area contributed by atoms with E-state index < -0.39 is 27.5 Å². The first-order valence-electron chi connectivity index (χ1n) is 12.6. The minimum atomic E-state index is -4.02. The largest absolute Gasteiger partial charge is 0.486 e. The highest BCUT2D eigenvalue weighted by Crippen LogP contribution is 2.44. The molecule has 9 heteroatoms. The van der Waals surface area contributed by atoms with Crippen molar-refractivity contribution in [2.24, 2.45) is 5.41 Å². The maximum Gasteiger partial charge on any atom is 0.309 e. The number of aliphatic carboxylic acids is 1. The summed E-state index contributed by atoms with van der Waals surface area (Å²) in [4.78, 5) is 12.5. The summed E-state index contributed by atoms with van der Waals surface area (Å²) < 4.78 is 55.1. The molecule has 5 rings (SSSR count). The molecule has 0 aliphatic carbocycles. The smallest absolute Gasteiger partial charge is 0.309 e. The molecule has 2 heterocycles. The van der Waals surface area contributed by atoms with Crippen LogP contribution in [0, 0.1) is 25.1 Å². The van der Waals surface area contributed by atoms with Gasteiger partial charge in [0.15, 0.2) is 0 Å². The van der Waals surface area contributed by atoms with E-state index in [0.29, 0.717) is 48.6 Å². The van der Waals surface area contributed by atoms with Gasteiger partial charge < -0.3 is 14.6 Å².